The molecule has 128 valence electrons. The van der Waals surface area contributed by atoms with Gasteiger partial charge in [0.25, 0.3) is 0 Å². The van der Waals surface area contributed by atoms with Gasteiger partial charge in [0.2, 0.25) is 0 Å². The zero-order valence-electron chi connectivity index (χ0n) is 14.7. The van der Waals surface area contributed by atoms with Crippen molar-refractivity contribution >= 4 is 5.78 Å². The lowest BCUT2D eigenvalue weighted by Gasteiger charge is -2.31. The van der Waals surface area contributed by atoms with Gasteiger partial charge >= 0.3 is 0 Å². The Morgan fingerprint density at radius 3 is 2.71 bits per heavy atom. The molecule has 2 aromatic rings. The number of likely N-dealkylation sites (tertiary alicyclic amines) is 1. The number of nitrogens with zero attached hydrogens (tertiary/aromatic N) is 1. The Kier molecular flexibility index (Phi) is 5.05. The third-order valence-corrected chi connectivity index (χ3v) is 4.78. The second-order valence-corrected chi connectivity index (χ2v) is 6.66. The smallest absolute Gasteiger partial charge is 0.167 e. The summed E-state index contributed by atoms with van der Waals surface area (Å²) in [6.45, 7) is 6.58. The van der Waals surface area contributed by atoms with Gasteiger partial charge in [0.1, 0.15) is 11.5 Å². The highest BCUT2D eigenvalue weighted by atomic mass is 16.5. The van der Waals surface area contributed by atoms with E-state index in [0.717, 1.165) is 60.7 Å². The largest absolute Gasteiger partial charge is 0.496 e. The van der Waals surface area contributed by atoms with Crippen LogP contribution in [0.1, 0.15) is 40.1 Å². The van der Waals surface area contributed by atoms with Gasteiger partial charge < -0.3 is 9.15 Å². The molecular weight excluding hydrogens is 302 g/mol. The average molecular weight is 327 g/mol. The number of ketones is 1. The Hall–Kier alpha value is -2.07. The van der Waals surface area contributed by atoms with E-state index >= 15 is 0 Å². The van der Waals surface area contributed by atoms with E-state index in [1.165, 1.54) is 0 Å². The molecule has 0 N–H and O–H groups in total. The highest BCUT2D eigenvalue weighted by molar-refractivity contribution is 5.98. The van der Waals surface area contributed by atoms with Gasteiger partial charge in [-0.25, -0.2) is 0 Å². The first-order chi connectivity index (χ1) is 11.6. The van der Waals surface area contributed by atoms with Gasteiger partial charge in [-0.1, -0.05) is 0 Å². The number of Topliss-reactive ketones (excluding diaryl/α,β-unsaturated/α-hetero) is 1. The highest BCUT2D eigenvalue weighted by Crippen LogP contribution is 2.28. The number of methoxy groups -OCH3 is 1. The van der Waals surface area contributed by atoms with Gasteiger partial charge in [0.05, 0.1) is 19.9 Å². The van der Waals surface area contributed by atoms with Crippen LogP contribution in [0.2, 0.25) is 0 Å². The second-order valence-electron chi connectivity index (χ2n) is 6.66. The van der Waals surface area contributed by atoms with Crippen LogP contribution in [0.5, 0.6) is 5.75 Å². The van der Waals surface area contributed by atoms with Crippen LogP contribution in [0.15, 0.2) is 34.9 Å². The van der Waals surface area contributed by atoms with Crippen LogP contribution >= 0.6 is 0 Å². The van der Waals surface area contributed by atoms with E-state index in [-0.39, 0.29) is 11.7 Å². The predicted molar refractivity (Wildman–Crippen MR) is 93.5 cm³/mol. The Morgan fingerprint density at radius 2 is 2.08 bits per heavy atom. The monoisotopic (exact) mass is 327 g/mol. The first-order valence-corrected chi connectivity index (χ1v) is 8.52. The van der Waals surface area contributed by atoms with E-state index in [4.69, 9.17) is 9.15 Å². The van der Waals surface area contributed by atoms with Crippen LogP contribution in [-0.4, -0.2) is 30.9 Å². The molecule has 1 atom stereocenters. The number of ether oxygens (including phenoxy) is 1. The van der Waals surface area contributed by atoms with Crippen molar-refractivity contribution in [3.05, 3.63) is 53.0 Å². The molecule has 0 radical (unpaired) electrons. The van der Waals surface area contributed by atoms with Crippen molar-refractivity contribution < 1.29 is 13.9 Å². The number of rotatable bonds is 5. The second kappa shape index (κ2) is 7.22. The quantitative estimate of drug-likeness (QED) is 0.779. The molecule has 4 heteroatoms. The van der Waals surface area contributed by atoms with E-state index in [1.807, 2.05) is 38.1 Å². The maximum Gasteiger partial charge on any atom is 0.167 e. The van der Waals surface area contributed by atoms with Crippen molar-refractivity contribution in [3.8, 4) is 5.75 Å². The molecule has 0 bridgehead atoms. The number of aryl methyl sites for hydroxylation is 2. The lowest BCUT2D eigenvalue weighted by atomic mass is 9.88. The molecule has 4 nitrogen and oxygen atoms in total. The Balaban J connectivity index is 1.72. The predicted octanol–water partition coefficient (Wildman–Crippen LogP) is 4.00. The fourth-order valence-corrected chi connectivity index (χ4v) is 3.69. The lowest BCUT2D eigenvalue weighted by Crippen LogP contribution is -2.38. The summed E-state index contributed by atoms with van der Waals surface area (Å²) in [5.41, 5.74) is 2.84. The van der Waals surface area contributed by atoms with E-state index in [2.05, 4.69) is 4.90 Å². The maximum absolute atomic E-state index is 13.0. The number of piperidine rings is 1. The van der Waals surface area contributed by atoms with E-state index < -0.39 is 0 Å². The molecule has 24 heavy (non-hydrogen) atoms. The molecule has 0 spiro atoms. The van der Waals surface area contributed by atoms with Crippen molar-refractivity contribution in [3.63, 3.8) is 0 Å². The Labute approximate surface area is 143 Å². The molecule has 0 saturated carbocycles. The van der Waals surface area contributed by atoms with Crippen LogP contribution in [0.4, 0.5) is 0 Å². The minimum atomic E-state index is 0.0564. The third-order valence-electron chi connectivity index (χ3n) is 4.78. The highest BCUT2D eigenvalue weighted by Gasteiger charge is 2.27. The number of hydrogen-bond acceptors (Lipinski definition) is 4. The summed E-state index contributed by atoms with van der Waals surface area (Å²) in [7, 11) is 1.67. The number of hydrogen-bond donors (Lipinski definition) is 0. The van der Waals surface area contributed by atoms with Crippen molar-refractivity contribution in [2.24, 2.45) is 5.92 Å². The Morgan fingerprint density at radius 1 is 1.33 bits per heavy atom. The molecule has 0 aliphatic carbocycles. The Bertz CT molecular complexity index is 683. The lowest BCUT2D eigenvalue weighted by molar-refractivity contribution is 0.0802. The van der Waals surface area contributed by atoms with E-state index in [9.17, 15) is 4.79 Å². The van der Waals surface area contributed by atoms with Crippen LogP contribution in [-0.2, 0) is 6.54 Å². The van der Waals surface area contributed by atoms with Gasteiger partial charge in [0.15, 0.2) is 5.78 Å². The summed E-state index contributed by atoms with van der Waals surface area (Å²) in [4.78, 5) is 15.3. The molecule has 1 aromatic carbocycles. The van der Waals surface area contributed by atoms with Gasteiger partial charge in [-0.15, -0.1) is 0 Å². The first kappa shape index (κ1) is 16.8. The number of benzene rings is 1. The topological polar surface area (TPSA) is 42.7 Å². The SMILES string of the molecule is COc1c(C)cc(C(=O)[C@H]2CCCN(Cc3ccco3)C2)cc1C. The summed E-state index contributed by atoms with van der Waals surface area (Å²) in [5, 5.41) is 0. The maximum atomic E-state index is 13.0. The summed E-state index contributed by atoms with van der Waals surface area (Å²) in [5.74, 6) is 2.13. The summed E-state index contributed by atoms with van der Waals surface area (Å²) in [6, 6.07) is 7.81. The molecule has 1 aliphatic heterocycles. The molecule has 1 aromatic heterocycles. The zero-order chi connectivity index (χ0) is 17.1. The van der Waals surface area contributed by atoms with E-state index in [1.54, 1.807) is 13.4 Å². The fourth-order valence-electron chi connectivity index (χ4n) is 3.69. The summed E-state index contributed by atoms with van der Waals surface area (Å²) in [6.07, 6.45) is 3.70. The summed E-state index contributed by atoms with van der Waals surface area (Å²) >= 11 is 0. The molecule has 2 heterocycles. The fraction of sp³-hybridized carbons (Fsp3) is 0.450. The number of carbonyl (C=O) groups is 1. The van der Waals surface area contributed by atoms with Crippen LogP contribution in [0.25, 0.3) is 0 Å². The minimum absolute atomic E-state index is 0.0564. The van der Waals surface area contributed by atoms with Crippen LogP contribution in [0, 0.1) is 19.8 Å². The molecular formula is C20H25NO3. The first-order valence-electron chi connectivity index (χ1n) is 8.52. The molecule has 3 rings (SSSR count). The third kappa shape index (κ3) is 3.54. The van der Waals surface area contributed by atoms with Crippen molar-refractivity contribution in [1.29, 1.82) is 0 Å². The van der Waals surface area contributed by atoms with Gasteiger partial charge in [-0.05, 0) is 68.6 Å². The van der Waals surface area contributed by atoms with Crippen LogP contribution < -0.4 is 4.74 Å². The zero-order valence-corrected chi connectivity index (χ0v) is 14.7. The van der Waals surface area contributed by atoms with Gasteiger partial charge in [0, 0.05) is 18.0 Å². The van der Waals surface area contributed by atoms with Crippen molar-refractivity contribution in [2.75, 3.05) is 20.2 Å². The molecule has 1 fully saturated rings. The average Bonchev–Trinajstić information content (AvgIpc) is 3.07. The minimum Gasteiger partial charge on any atom is -0.496 e. The normalized spacial score (nSPS) is 18.5. The molecule has 1 saturated heterocycles. The molecule has 0 unspecified atom stereocenters. The van der Waals surface area contributed by atoms with Crippen LogP contribution in [0.3, 0.4) is 0 Å². The molecule has 1 aliphatic rings. The van der Waals surface area contributed by atoms with Gasteiger partial charge in [-0.3, -0.25) is 9.69 Å². The number of carbonyl (C=O) groups excluding carboxylic acids is 1. The van der Waals surface area contributed by atoms with E-state index in [0.29, 0.717) is 0 Å². The standard InChI is InChI=1S/C20H25NO3/c1-14-10-17(11-15(2)20(14)23-3)19(22)16-6-4-8-21(12-16)13-18-7-5-9-24-18/h5,7,9-11,16H,4,6,8,12-13H2,1-3H3/t16-/m0/s1. The van der Waals surface area contributed by atoms with Crippen molar-refractivity contribution in [2.45, 2.75) is 33.2 Å². The summed E-state index contributed by atoms with van der Waals surface area (Å²) < 4.78 is 10.8. The number of furan rings is 1. The molecule has 0 amide bonds. The van der Waals surface area contributed by atoms with Crippen molar-refractivity contribution in [1.82, 2.24) is 4.90 Å². The van der Waals surface area contributed by atoms with Gasteiger partial charge in [-0.2, -0.15) is 0 Å².